The minimum atomic E-state index is -0.542. The van der Waals surface area contributed by atoms with E-state index in [1.54, 1.807) is 53.4 Å². The molecular weight excluding hydrogens is 427 g/mol. The van der Waals surface area contributed by atoms with Crippen LogP contribution in [0.1, 0.15) is 19.3 Å². The summed E-state index contributed by atoms with van der Waals surface area (Å²) < 4.78 is 11.5. The van der Waals surface area contributed by atoms with Crippen molar-refractivity contribution in [3.8, 4) is 11.5 Å². The number of hydrogen-bond donors (Lipinski definition) is 1. The second-order valence-corrected chi connectivity index (χ2v) is 8.42. The van der Waals surface area contributed by atoms with Crippen molar-refractivity contribution < 1.29 is 19.1 Å². The quantitative estimate of drug-likeness (QED) is 0.660. The molecule has 1 saturated heterocycles. The lowest BCUT2D eigenvalue weighted by Gasteiger charge is -2.42. The van der Waals surface area contributed by atoms with Gasteiger partial charge < -0.3 is 20.1 Å². The van der Waals surface area contributed by atoms with Crippen LogP contribution in [0.15, 0.2) is 48.5 Å². The van der Waals surface area contributed by atoms with Crippen molar-refractivity contribution in [1.82, 2.24) is 4.90 Å². The molecule has 0 saturated carbocycles. The number of nitrogens with zero attached hydrogens (tertiary/aromatic N) is 1. The number of amides is 2. The molecule has 1 aliphatic heterocycles. The van der Waals surface area contributed by atoms with Gasteiger partial charge in [-0.3, -0.25) is 9.59 Å². The van der Waals surface area contributed by atoms with Crippen LogP contribution in [0.2, 0.25) is 10.0 Å². The first-order valence-corrected chi connectivity index (χ1v) is 10.4. The average molecular weight is 451 g/mol. The molecular formula is C22H24Cl2N2O4. The van der Waals surface area contributed by atoms with E-state index in [-0.39, 0.29) is 25.5 Å². The maximum absolute atomic E-state index is 12.7. The summed E-state index contributed by atoms with van der Waals surface area (Å²) in [6.45, 7) is 1.17. The Morgan fingerprint density at radius 1 is 0.967 bits per heavy atom. The molecule has 2 N–H and O–H groups in total. The number of hydrogen-bond acceptors (Lipinski definition) is 4. The molecule has 6 nitrogen and oxygen atoms in total. The van der Waals surface area contributed by atoms with Crippen LogP contribution < -0.4 is 15.2 Å². The van der Waals surface area contributed by atoms with E-state index >= 15 is 0 Å². The predicted octanol–water partition coefficient (Wildman–Crippen LogP) is 3.94. The van der Waals surface area contributed by atoms with Gasteiger partial charge in [-0.1, -0.05) is 23.2 Å². The van der Waals surface area contributed by atoms with Crippen molar-refractivity contribution >= 4 is 35.0 Å². The third-order valence-electron chi connectivity index (χ3n) is 5.10. The maximum Gasteiger partial charge on any atom is 0.260 e. The summed E-state index contributed by atoms with van der Waals surface area (Å²) in [5.74, 6) is 0.656. The molecule has 1 aliphatic rings. The molecule has 1 heterocycles. The van der Waals surface area contributed by atoms with Gasteiger partial charge in [-0.15, -0.1) is 0 Å². The van der Waals surface area contributed by atoms with E-state index in [0.717, 1.165) is 12.8 Å². The van der Waals surface area contributed by atoms with Gasteiger partial charge in [0, 0.05) is 35.0 Å². The van der Waals surface area contributed by atoms with Gasteiger partial charge in [0.2, 0.25) is 5.91 Å². The standard InChI is InChI=1S/C22H24Cl2N2O4/c23-16-2-6-18(7-3-16)29-13-21(28)26-11-1-10-22(14-26,12-20(25)27)15-30-19-8-4-17(24)5-9-19/h2-9H,1,10-15H2,(H2,25,27). The normalized spacial score (nSPS) is 18.7. The summed E-state index contributed by atoms with van der Waals surface area (Å²) in [6.07, 6.45) is 1.64. The fraction of sp³-hybridized carbons (Fsp3) is 0.364. The molecule has 1 fully saturated rings. The number of benzene rings is 2. The third-order valence-corrected chi connectivity index (χ3v) is 5.60. The summed E-state index contributed by atoms with van der Waals surface area (Å²) in [5.41, 5.74) is 4.97. The van der Waals surface area contributed by atoms with Crippen LogP contribution in [0, 0.1) is 5.41 Å². The molecule has 0 bridgehead atoms. The molecule has 160 valence electrons. The van der Waals surface area contributed by atoms with E-state index in [9.17, 15) is 9.59 Å². The van der Waals surface area contributed by atoms with Gasteiger partial charge >= 0.3 is 0 Å². The van der Waals surface area contributed by atoms with Crippen molar-refractivity contribution in [2.75, 3.05) is 26.3 Å². The number of likely N-dealkylation sites (tertiary alicyclic amines) is 1. The van der Waals surface area contributed by atoms with E-state index in [4.69, 9.17) is 38.4 Å². The predicted molar refractivity (Wildman–Crippen MR) is 116 cm³/mol. The topological polar surface area (TPSA) is 81.9 Å². The zero-order valence-electron chi connectivity index (χ0n) is 16.5. The summed E-state index contributed by atoms with van der Waals surface area (Å²) in [6, 6.07) is 13.8. The number of primary amides is 1. The molecule has 1 unspecified atom stereocenters. The number of ether oxygens (including phenoxy) is 2. The lowest BCUT2D eigenvalue weighted by atomic mass is 9.77. The number of carbonyl (C=O) groups is 2. The van der Waals surface area contributed by atoms with Crippen LogP contribution in [-0.4, -0.2) is 43.0 Å². The highest BCUT2D eigenvalue weighted by molar-refractivity contribution is 6.30. The zero-order valence-corrected chi connectivity index (χ0v) is 18.0. The molecule has 30 heavy (non-hydrogen) atoms. The molecule has 0 spiro atoms. The van der Waals surface area contributed by atoms with Gasteiger partial charge in [-0.05, 0) is 61.4 Å². The zero-order chi connectivity index (χ0) is 21.6. The highest BCUT2D eigenvalue weighted by Gasteiger charge is 2.39. The van der Waals surface area contributed by atoms with Gasteiger partial charge in [0.25, 0.3) is 5.91 Å². The van der Waals surface area contributed by atoms with Crippen molar-refractivity contribution in [1.29, 1.82) is 0 Å². The summed E-state index contributed by atoms with van der Waals surface area (Å²) in [7, 11) is 0. The minimum absolute atomic E-state index is 0.0909. The first kappa shape index (κ1) is 22.2. The molecule has 1 atom stereocenters. The average Bonchev–Trinajstić information content (AvgIpc) is 2.72. The first-order chi connectivity index (χ1) is 14.3. The van der Waals surface area contributed by atoms with Crippen molar-refractivity contribution in [2.24, 2.45) is 11.1 Å². The van der Waals surface area contributed by atoms with Crippen molar-refractivity contribution in [3.63, 3.8) is 0 Å². The van der Waals surface area contributed by atoms with Gasteiger partial charge in [0.15, 0.2) is 6.61 Å². The largest absolute Gasteiger partial charge is 0.493 e. The number of rotatable bonds is 8. The molecule has 3 rings (SSSR count). The molecule has 0 aliphatic carbocycles. The SMILES string of the molecule is NC(=O)CC1(COc2ccc(Cl)cc2)CCCN(C(=O)COc2ccc(Cl)cc2)C1. The Kier molecular flexibility index (Phi) is 7.45. The molecule has 2 aromatic rings. The summed E-state index contributed by atoms with van der Waals surface area (Å²) >= 11 is 11.8. The Labute approximate surface area is 185 Å². The lowest BCUT2D eigenvalue weighted by molar-refractivity contribution is -0.139. The smallest absolute Gasteiger partial charge is 0.260 e. The van der Waals surface area contributed by atoms with Crippen LogP contribution in [0.25, 0.3) is 0 Å². The highest BCUT2D eigenvalue weighted by Crippen LogP contribution is 2.34. The van der Waals surface area contributed by atoms with Crippen molar-refractivity contribution in [2.45, 2.75) is 19.3 Å². The fourth-order valence-electron chi connectivity index (χ4n) is 3.64. The third kappa shape index (κ3) is 6.28. The molecule has 0 radical (unpaired) electrons. The Morgan fingerprint density at radius 3 is 2.10 bits per heavy atom. The van der Waals surface area contributed by atoms with Crippen LogP contribution in [-0.2, 0) is 9.59 Å². The Morgan fingerprint density at radius 2 is 1.53 bits per heavy atom. The Balaban J connectivity index is 1.63. The molecule has 0 aromatic heterocycles. The number of halogens is 2. The van der Waals surface area contributed by atoms with Crippen LogP contribution in [0.5, 0.6) is 11.5 Å². The number of nitrogens with two attached hydrogens (primary N) is 1. The Hall–Kier alpha value is -2.44. The summed E-state index contributed by atoms with van der Waals surface area (Å²) in [4.78, 5) is 26.2. The molecule has 2 amide bonds. The van der Waals surface area contributed by atoms with Crippen LogP contribution >= 0.6 is 23.2 Å². The highest BCUT2D eigenvalue weighted by atomic mass is 35.5. The molecule has 8 heteroatoms. The molecule has 2 aromatic carbocycles. The van der Waals surface area contributed by atoms with Crippen LogP contribution in [0.4, 0.5) is 0 Å². The first-order valence-electron chi connectivity index (χ1n) is 9.68. The second kappa shape index (κ2) is 10.0. The lowest BCUT2D eigenvalue weighted by Crippen LogP contribution is -2.51. The summed E-state index contributed by atoms with van der Waals surface area (Å²) in [5, 5.41) is 1.21. The number of piperidine rings is 1. The second-order valence-electron chi connectivity index (χ2n) is 7.55. The fourth-order valence-corrected chi connectivity index (χ4v) is 3.89. The van der Waals surface area contributed by atoms with E-state index in [2.05, 4.69) is 0 Å². The van der Waals surface area contributed by atoms with Gasteiger partial charge in [-0.2, -0.15) is 0 Å². The maximum atomic E-state index is 12.7. The van der Waals surface area contributed by atoms with Gasteiger partial charge in [-0.25, -0.2) is 0 Å². The van der Waals surface area contributed by atoms with E-state index in [0.29, 0.717) is 34.6 Å². The van der Waals surface area contributed by atoms with Gasteiger partial charge in [0.1, 0.15) is 11.5 Å². The van der Waals surface area contributed by atoms with Crippen LogP contribution in [0.3, 0.4) is 0 Å². The van der Waals surface area contributed by atoms with E-state index in [1.165, 1.54) is 0 Å². The van der Waals surface area contributed by atoms with E-state index in [1.807, 2.05) is 0 Å². The van der Waals surface area contributed by atoms with Gasteiger partial charge in [0.05, 0.1) is 6.61 Å². The minimum Gasteiger partial charge on any atom is -0.493 e. The number of carbonyl (C=O) groups excluding carboxylic acids is 2. The Bertz CT molecular complexity index is 874. The monoisotopic (exact) mass is 450 g/mol. The van der Waals surface area contributed by atoms with E-state index < -0.39 is 11.3 Å². The van der Waals surface area contributed by atoms with Crippen molar-refractivity contribution in [3.05, 3.63) is 58.6 Å².